The van der Waals surface area contributed by atoms with Crippen LogP contribution < -0.4 is 10.7 Å². The molecule has 36 heavy (non-hydrogen) atoms. The lowest BCUT2D eigenvalue weighted by atomic mass is 9.96. The summed E-state index contributed by atoms with van der Waals surface area (Å²) in [4.78, 5) is 44.3. The molecule has 0 radical (unpaired) electrons. The van der Waals surface area contributed by atoms with Crippen LogP contribution in [0.1, 0.15) is 40.2 Å². The van der Waals surface area contributed by atoms with Gasteiger partial charge in [-0.05, 0) is 56.5 Å². The highest BCUT2D eigenvalue weighted by Gasteiger charge is 2.32. The number of nitrogens with one attached hydrogen (secondary N) is 1. The number of piperidine rings is 1. The van der Waals surface area contributed by atoms with Gasteiger partial charge in [-0.1, -0.05) is 12.1 Å². The Kier molecular flexibility index (Phi) is 6.91. The van der Waals surface area contributed by atoms with Gasteiger partial charge >= 0.3 is 6.18 Å². The van der Waals surface area contributed by atoms with Gasteiger partial charge < -0.3 is 10.2 Å². The monoisotopic (exact) mass is 499 g/mol. The van der Waals surface area contributed by atoms with E-state index in [0.717, 1.165) is 22.4 Å². The maximum atomic E-state index is 13.2. The van der Waals surface area contributed by atoms with Gasteiger partial charge in [0.25, 0.3) is 5.91 Å². The molecule has 0 aliphatic carbocycles. The van der Waals surface area contributed by atoms with Crippen LogP contribution in [0.4, 0.5) is 19.0 Å². The zero-order valence-electron chi connectivity index (χ0n) is 19.7. The predicted molar refractivity (Wildman–Crippen MR) is 126 cm³/mol. The van der Waals surface area contributed by atoms with Crippen LogP contribution in [0.3, 0.4) is 0 Å². The standard InChI is InChI=1S/C25H24F3N5O3/c1-15-6-4-10-29-22(15)30-23(35)17-7-5-11-32(14-17)24(36)21-20(34)12-16(2)33(31-21)19-9-3-8-18(13-19)25(26,27)28/h3-4,6,8-10,12-13,17H,5,7,11,14H2,1-2H3,(H,29,30,35)/t17-/m0/s1. The SMILES string of the molecule is Cc1cccnc1NC(=O)[C@H]1CCCN(C(=O)c2nn(-c3cccc(C(F)(F)F)c3)c(C)cc2=O)C1. The van der Waals surface area contributed by atoms with Gasteiger partial charge in [0.05, 0.1) is 17.2 Å². The Morgan fingerprint density at radius 2 is 1.89 bits per heavy atom. The number of hydrogen-bond acceptors (Lipinski definition) is 5. The summed E-state index contributed by atoms with van der Waals surface area (Å²) in [5.74, 6) is -1.03. The number of amides is 2. The minimum atomic E-state index is -4.56. The summed E-state index contributed by atoms with van der Waals surface area (Å²) in [6.07, 6.45) is -1.90. The zero-order chi connectivity index (χ0) is 26.0. The number of nitrogens with zero attached hydrogens (tertiary/aromatic N) is 4. The Hall–Kier alpha value is -4.02. The maximum absolute atomic E-state index is 13.2. The Balaban J connectivity index is 1.57. The van der Waals surface area contributed by atoms with Crippen molar-refractivity contribution in [3.8, 4) is 5.69 Å². The Bertz CT molecular complexity index is 1370. The number of aryl methyl sites for hydroxylation is 2. The van der Waals surface area contributed by atoms with E-state index in [4.69, 9.17) is 0 Å². The summed E-state index contributed by atoms with van der Waals surface area (Å²) >= 11 is 0. The van der Waals surface area contributed by atoms with E-state index in [2.05, 4.69) is 15.4 Å². The fraction of sp³-hybridized carbons (Fsp3) is 0.320. The number of halogens is 3. The molecule has 188 valence electrons. The van der Waals surface area contributed by atoms with Crippen LogP contribution in [-0.4, -0.2) is 44.6 Å². The Labute approximate surface area is 204 Å². The molecule has 1 aliphatic rings. The van der Waals surface area contributed by atoms with Crippen molar-refractivity contribution in [3.63, 3.8) is 0 Å². The average Bonchev–Trinajstić information content (AvgIpc) is 2.85. The molecule has 1 saturated heterocycles. The first-order chi connectivity index (χ1) is 17.0. The van der Waals surface area contributed by atoms with Gasteiger partial charge in [0.2, 0.25) is 11.3 Å². The van der Waals surface area contributed by atoms with Crippen LogP contribution in [0.5, 0.6) is 0 Å². The van der Waals surface area contributed by atoms with Crippen LogP contribution in [0.2, 0.25) is 0 Å². The first kappa shape index (κ1) is 25.1. The second-order valence-corrected chi connectivity index (χ2v) is 8.71. The molecule has 2 amide bonds. The fourth-order valence-electron chi connectivity index (χ4n) is 4.13. The third-order valence-corrected chi connectivity index (χ3v) is 6.06. The van der Waals surface area contributed by atoms with Gasteiger partial charge in [0.15, 0.2) is 5.69 Å². The third kappa shape index (κ3) is 5.29. The Morgan fingerprint density at radius 3 is 2.61 bits per heavy atom. The molecular weight excluding hydrogens is 475 g/mol. The van der Waals surface area contributed by atoms with E-state index in [1.54, 1.807) is 12.3 Å². The second kappa shape index (κ2) is 9.92. The molecule has 1 aromatic carbocycles. The van der Waals surface area contributed by atoms with E-state index in [0.29, 0.717) is 25.2 Å². The molecule has 3 heterocycles. The number of likely N-dealkylation sites (tertiary alicyclic amines) is 1. The number of carbonyl (C=O) groups is 2. The highest BCUT2D eigenvalue weighted by molar-refractivity contribution is 5.95. The summed E-state index contributed by atoms with van der Waals surface area (Å²) in [5.41, 5.74) is -0.791. The molecule has 1 atom stereocenters. The minimum absolute atomic E-state index is 0.0676. The van der Waals surface area contributed by atoms with E-state index in [1.807, 2.05) is 13.0 Å². The van der Waals surface area contributed by atoms with E-state index < -0.39 is 34.7 Å². The van der Waals surface area contributed by atoms with Crippen LogP contribution in [0, 0.1) is 19.8 Å². The molecule has 1 aliphatic heterocycles. The number of aromatic nitrogens is 3. The molecule has 0 spiro atoms. The zero-order valence-corrected chi connectivity index (χ0v) is 19.7. The number of carbonyl (C=O) groups excluding carboxylic acids is 2. The van der Waals surface area contributed by atoms with Crippen molar-refractivity contribution in [1.82, 2.24) is 19.7 Å². The lowest BCUT2D eigenvalue weighted by Crippen LogP contribution is -2.45. The topological polar surface area (TPSA) is 97.2 Å². The summed E-state index contributed by atoms with van der Waals surface area (Å²) in [5, 5.41) is 6.91. The largest absolute Gasteiger partial charge is 0.416 e. The van der Waals surface area contributed by atoms with Gasteiger partial charge in [-0.25, -0.2) is 9.67 Å². The van der Waals surface area contributed by atoms with Crippen LogP contribution in [0.25, 0.3) is 5.69 Å². The fourth-order valence-corrected chi connectivity index (χ4v) is 4.13. The first-order valence-corrected chi connectivity index (χ1v) is 11.3. The van der Waals surface area contributed by atoms with Crippen molar-refractivity contribution < 1.29 is 22.8 Å². The Morgan fingerprint density at radius 1 is 1.11 bits per heavy atom. The van der Waals surface area contributed by atoms with Crippen molar-refractivity contribution in [1.29, 1.82) is 0 Å². The van der Waals surface area contributed by atoms with Crippen LogP contribution >= 0.6 is 0 Å². The third-order valence-electron chi connectivity index (χ3n) is 6.06. The summed E-state index contributed by atoms with van der Waals surface area (Å²) in [7, 11) is 0. The quantitative estimate of drug-likeness (QED) is 0.590. The molecule has 0 bridgehead atoms. The molecule has 11 heteroatoms. The highest BCUT2D eigenvalue weighted by atomic mass is 19.4. The lowest BCUT2D eigenvalue weighted by molar-refractivity contribution is -0.137. The lowest BCUT2D eigenvalue weighted by Gasteiger charge is -2.31. The molecule has 1 N–H and O–H groups in total. The molecule has 0 saturated carbocycles. The average molecular weight is 499 g/mol. The van der Waals surface area contributed by atoms with E-state index in [9.17, 15) is 27.6 Å². The molecular formula is C25H24F3N5O3. The van der Waals surface area contributed by atoms with Crippen molar-refractivity contribution in [2.45, 2.75) is 32.9 Å². The summed E-state index contributed by atoms with van der Waals surface area (Å²) in [6, 6.07) is 9.21. The first-order valence-electron chi connectivity index (χ1n) is 11.3. The van der Waals surface area contributed by atoms with Crippen molar-refractivity contribution in [3.05, 3.63) is 81.4 Å². The summed E-state index contributed by atoms with van der Waals surface area (Å²) < 4.78 is 40.7. The summed E-state index contributed by atoms with van der Waals surface area (Å²) in [6.45, 7) is 3.74. The van der Waals surface area contributed by atoms with Gasteiger partial charge in [0, 0.05) is 31.0 Å². The molecule has 2 aromatic heterocycles. The van der Waals surface area contributed by atoms with E-state index in [1.165, 1.54) is 30.0 Å². The van der Waals surface area contributed by atoms with Gasteiger partial charge in [-0.2, -0.15) is 18.3 Å². The highest BCUT2D eigenvalue weighted by Crippen LogP contribution is 2.30. The second-order valence-electron chi connectivity index (χ2n) is 8.71. The molecule has 8 nitrogen and oxygen atoms in total. The van der Waals surface area contributed by atoms with Gasteiger partial charge in [0.1, 0.15) is 5.82 Å². The maximum Gasteiger partial charge on any atom is 0.416 e. The van der Waals surface area contributed by atoms with Crippen molar-refractivity contribution in [2.24, 2.45) is 5.92 Å². The van der Waals surface area contributed by atoms with E-state index >= 15 is 0 Å². The van der Waals surface area contributed by atoms with Gasteiger partial charge in [-0.3, -0.25) is 14.4 Å². The van der Waals surface area contributed by atoms with Gasteiger partial charge in [-0.15, -0.1) is 0 Å². The number of pyridine rings is 1. The smallest absolute Gasteiger partial charge is 0.336 e. The van der Waals surface area contributed by atoms with Crippen LogP contribution in [0.15, 0.2) is 53.5 Å². The molecule has 1 fully saturated rings. The molecule has 0 unspecified atom stereocenters. The normalized spacial score (nSPS) is 16.0. The predicted octanol–water partition coefficient (Wildman–Crippen LogP) is 3.75. The number of benzene rings is 1. The minimum Gasteiger partial charge on any atom is -0.336 e. The molecule has 4 rings (SSSR count). The number of alkyl halides is 3. The molecule has 3 aromatic rings. The number of anilines is 1. The number of hydrogen-bond donors (Lipinski definition) is 1. The van der Waals surface area contributed by atoms with Crippen molar-refractivity contribution >= 4 is 17.6 Å². The van der Waals surface area contributed by atoms with Crippen molar-refractivity contribution in [2.75, 3.05) is 18.4 Å². The van der Waals surface area contributed by atoms with E-state index in [-0.39, 0.29) is 23.8 Å². The van der Waals surface area contributed by atoms with Crippen LogP contribution in [-0.2, 0) is 11.0 Å². The number of rotatable bonds is 4.